The summed E-state index contributed by atoms with van der Waals surface area (Å²) >= 11 is 0. The predicted molar refractivity (Wildman–Crippen MR) is 64.3 cm³/mol. The van der Waals surface area contributed by atoms with Crippen LogP contribution in [0.1, 0.15) is 32.1 Å². The van der Waals surface area contributed by atoms with Gasteiger partial charge in [0.15, 0.2) is 0 Å². The highest BCUT2D eigenvalue weighted by atomic mass is 32.2. The minimum atomic E-state index is -3.50. The average molecular weight is 256 g/mol. The Balaban J connectivity index is 2.12. The van der Waals surface area contributed by atoms with E-state index in [1.165, 1.54) is 24.8 Å². The summed E-state index contributed by atoms with van der Waals surface area (Å²) in [6.45, 7) is 0. The molecular weight excluding hydrogens is 240 g/mol. The zero-order valence-electron chi connectivity index (χ0n) is 9.48. The first-order valence-corrected chi connectivity index (χ1v) is 7.27. The highest BCUT2D eigenvalue weighted by Crippen LogP contribution is 2.19. The molecule has 1 aliphatic rings. The maximum atomic E-state index is 12.0. The van der Waals surface area contributed by atoms with Gasteiger partial charge in [-0.15, -0.1) is 0 Å². The standard InChI is InChI=1S/C11H16N2O3S/c14-11-7-6-10(8-12-11)17(15,16)13-9-4-2-1-3-5-9/h6-9,13H,1-5H2,(H,12,14). The molecule has 0 saturated heterocycles. The molecule has 1 saturated carbocycles. The number of aromatic amines is 1. The third-order valence-electron chi connectivity index (χ3n) is 2.99. The first-order chi connectivity index (χ1) is 8.08. The van der Waals surface area contributed by atoms with Crippen molar-refractivity contribution >= 4 is 10.0 Å². The van der Waals surface area contributed by atoms with Gasteiger partial charge < -0.3 is 4.98 Å². The summed E-state index contributed by atoms with van der Waals surface area (Å²) < 4.78 is 26.6. The first kappa shape index (κ1) is 12.3. The number of sulfonamides is 1. The fourth-order valence-electron chi connectivity index (χ4n) is 2.07. The summed E-state index contributed by atoms with van der Waals surface area (Å²) in [7, 11) is -3.50. The third-order valence-corrected chi connectivity index (χ3v) is 4.51. The molecule has 0 radical (unpaired) electrons. The summed E-state index contributed by atoms with van der Waals surface area (Å²) in [5.41, 5.74) is -0.304. The summed E-state index contributed by atoms with van der Waals surface area (Å²) in [6.07, 6.45) is 6.33. The Morgan fingerprint density at radius 3 is 2.47 bits per heavy atom. The zero-order chi connectivity index (χ0) is 12.3. The summed E-state index contributed by atoms with van der Waals surface area (Å²) in [4.78, 5) is 13.3. The minimum Gasteiger partial charge on any atom is -0.328 e. The number of rotatable bonds is 3. The zero-order valence-corrected chi connectivity index (χ0v) is 10.3. The lowest BCUT2D eigenvalue weighted by Crippen LogP contribution is -2.36. The lowest BCUT2D eigenvalue weighted by molar-refractivity contribution is 0.412. The number of pyridine rings is 1. The Morgan fingerprint density at radius 1 is 1.18 bits per heavy atom. The van der Waals surface area contributed by atoms with Gasteiger partial charge in [0, 0.05) is 18.3 Å². The van der Waals surface area contributed by atoms with Crippen molar-refractivity contribution in [2.45, 2.75) is 43.0 Å². The maximum absolute atomic E-state index is 12.0. The number of hydrogen-bond donors (Lipinski definition) is 2. The van der Waals surface area contributed by atoms with Crippen LogP contribution < -0.4 is 10.3 Å². The van der Waals surface area contributed by atoms with Crippen molar-refractivity contribution < 1.29 is 8.42 Å². The van der Waals surface area contributed by atoms with Crippen LogP contribution in [0.2, 0.25) is 0 Å². The molecule has 0 amide bonds. The van der Waals surface area contributed by atoms with Crippen molar-refractivity contribution in [3.63, 3.8) is 0 Å². The van der Waals surface area contributed by atoms with Gasteiger partial charge >= 0.3 is 0 Å². The second-order valence-electron chi connectivity index (χ2n) is 4.34. The predicted octanol–water partition coefficient (Wildman–Crippen LogP) is 0.986. The van der Waals surface area contributed by atoms with Crippen LogP contribution in [-0.4, -0.2) is 19.4 Å². The lowest BCUT2D eigenvalue weighted by atomic mass is 9.96. The van der Waals surface area contributed by atoms with Crippen molar-refractivity contribution in [2.24, 2.45) is 0 Å². The van der Waals surface area contributed by atoms with E-state index in [0.29, 0.717) is 0 Å². The molecule has 1 aliphatic carbocycles. The average Bonchev–Trinajstić information content (AvgIpc) is 2.30. The van der Waals surface area contributed by atoms with E-state index in [2.05, 4.69) is 9.71 Å². The molecule has 0 unspecified atom stereocenters. The van der Waals surface area contributed by atoms with Crippen molar-refractivity contribution in [1.29, 1.82) is 0 Å². The van der Waals surface area contributed by atoms with Gasteiger partial charge in [-0.05, 0) is 18.9 Å². The molecule has 0 aromatic carbocycles. The highest BCUT2D eigenvalue weighted by Gasteiger charge is 2.21. The Hall–Kier alpha value is -1.14. The van der Waals surface area contributed by atoms with Crippen molar-refractivity contribution in [3.8, 4) is 0 Å². The monoisotopic (exact) mass is 256 g/mol. The van der Waals surface area contributed by atoms with Crippen molar-refractivity contribution in [2.75, 3.05) is 0 Å². The molecule has 0 aliphatic heterocycles. The largest absolute Gasteiger partial charge is 0.328 e. The van der Waals surface area contributed by atoms with Gasteiger partial charge in [0.2, 0.25) is 15.6 Å². The second-order valence-corrected chi connectivity index (χ2v) is 6.06. The quantitative estimate of drug-likeness (QED) is 0.846. The molecule has 1 aromatic heterocycles. The van der Waals surface area contributed by atoms with Crippen LogP contribution in [0.5, 0.6) is 0 Å². The van der Waals surface area contributed by atoms with E-state index < -0.39 is 10.0 Å². The smallest absolute Gasteiger partial charge is 0.247 e. The molecular formula is C11H16N2O3S. The fraction of sp³-hybridized carbons (Fsp3) is 0.545. The minimum absolute atomic E-state index is 0.0284. The molecule has 1 fully saturated rings. The SMILES string of the molecule is O=c1ccc(S(=O)(=O)NC2CCCCC2)c[nH]1. The van der Waals surface area contributed by atoms with Crippen LogP contribution in [0.3, 0.4) is 0 Å². The molecule has 17 heavy (non-hydrogen) atoms. The van der Waals surface area contributed by atoms with E-state index in [1.54, 1.807) is 0 Å². The van der Waals surface area contributed by atoms with Crippen LogP contribution in [-0.2, 0) is 10.0 Å². The number of H-pyrrole nitrogens is 1. The molecule has 2 N–H and O–H groups in total. The maximum Gasteiger partial charge on any atom is 0.247 e. The van der Waals surface area contributed by atoms with E-state index >= 15 is 0 Å². The number of aromatic nitrogens is 1. The lowest BCUT2D eigenvalue weighted by Gasteiger charge is -2.22. The van der Waals surface area contributed by atoms with E-state index in [-0.39, 0.29) is 16.5 Å². The molecule has 5 nitrogen and oxygen atoms in total. The van der Waals surface area contributed by atoms with E-state index in [4.69, 9.17) is 0 Å². The highest BCUT2D eigenvalue weighted by molar-refractivity contribution is 7.89. The normalized spacial score (nSPS) is 18.1. The third kappa shape index (κ3) is 3.17. The molecule has 1 heterocycles. The fourth-order valence-corrected chi connectivity index (χ4v) is 3.34. The summed E-state index contributed by atoms with van der Waals surface area (Å²) in [5.74, 6) is 0. The van der Waals surface area contributed by atoms with Crippen LogP contribution in [0.25, 0.3) is 0 Å². The summed E-state index contributed by atoms with van der Waals surface area (Å²) in [6, 6.07) is 2.57. The molecule has 0 atom stereocenters. The second kappa shape index (κ2) is 5.01. The van der Waals surface area contributed by atoms with E-state index in [1.807, 2.05) is 0 Å². The van der Waals surface area contributed by atoms with Crippen molar-refractivity contribution in [1.82, 2.24) is 9.71 Å². The molecule has 6 heteroatoms. The molecule has 2 rings (SSSR count). The van der Waals surface area contributed by atoms with Gasteiger partial charge in [-0.3, -0.25) is 4.79 Å². The van der Waals surface area contributed by atoms with Gasteiger partial charge in [0.25, 0.3) is 0 Å². The van der Waals surface area contributed by atoms with E-state index in [0.717, 1.165) is 25.7 Å². The van der Waals surface area contributed by atoms with Gasteiger partial charge in [-0.25, -0.2) is 13.1 Å². The van der Waals surface area contributed by atoms with Crippen LogP contribution in [0.4, 0.5) is 0 Å². The number of nitrogens with one attached hydrogen (secondary N) is 2. The Labute approximate surface area is 100 Å². The molecule has 0 spiro atoms. The Kier molecular flexibility index (Phi) is 3.63. The van der Waals surface area contributed by atoms with Gasteiger partial charge in [-0.1, -0.05) is 19.3 Å². The van der Waals surface area contributed by atoms with Crippen molar-refractivity contribution in [3.05, 3.63) is 28.7 Å². The Bertz CT molecular complexity index is 509. The van der Waals surface area contributed by atoms with Gasteiger partial charge in [0.1, 0.15) is 0 Å². The first-order valence-electron chi connectivity index (χ1n) is 5.79. The molecule has 94 valence electrons. The van der Waals surface area contributed by atoms with Gasteiger partial charge in [-0.2, -0.15) is 0 Å². The number of hydrogen-bond acceptors (Lipinski definition) is 3. The summed E-state index contributed by atoms with van der Waals surface area (Å²) in [5, 5.41) is 0. The topological polar surface area (TPSA) is 79.0 Å². The molecule has 1 aromatic rings. The van der Waals surface area contributed by atoms with Crippen LogP contribution >= 0.6 is 0 Å². The van der Waals surface area contributed by atoms with Crippen LogP contribution in [0, 0.1) is 0 Å². The van der Waals surface area contributed by atoms with E-state index in [9.17, 15) is 13.2 Å². The Morgan fingerprint density at radius 2 is 1.88 bits per heavy atom. The molecule has 0 bridgehead atoms. The van der Waals surface area contributed by atoms with Crippen LogP contribution in [0.15, 0.2) is 28.0 Å². The van der Waals surface area contributed by atoms with Gasteiger partial charge in [0.05, 0.1) is 4.90 Å².